The minimum absolute atomic E-state index is 0.0876. The van der Waals surface area contributed by atoms with Crippen LogP contribution in [0.15, 0.2) is 24.7 Å². The Labute approximate surface area is 158 Å². The number of carbonyl (C=O) groups excluding carboxylic acids is 1. The molecular formula is C16H24F6N5O+. The molecule has 1 amide bonds. The first-order chi connectivity index (χ1) is 12.9. The average molecular weight is 416 g/mol. The maximum absolute atomic E-state index is 12.3. The molecule has 1 heterocycles. The number of hydrogen-bond donors (Lipinski definition) is 3. The molecule has 6 nitrogen and oxygen atoms in total. The van der Waals surface area contributed by atoms with E-state index < -0.39 is 24.0 Å². The predicted molar refractivity (Wildman–Crippen MR) is 89.8 cm³/mol. The molecule has 0 aliphatic carbocycles. The Bertz CT molecular complexity index is 599. The van der Waals surface area contributed by atoms with E-state index in [1.54, 1.807) is 26.8 Å². The van der Waals surface area contributed by atoms with Gasteiger partial charge in [-0.15, -0.1) is 0 Å². The van der Waals surface area contributed by atoms with E-state index in [0.717, 1.165) is 0 Å². The topological polar surface area (TPSA) is 76.0 Å². The minimum atomic E-state index is -4.88. The van der Waals surface area contributed by atoms with Crippen molar-refractivity contribution in [2.24, 2.45) is 0 Å². The fraction of sp³-hybridized carbons (Fsp3) is 0.625. The summed E-state index contributed by atoms with van der Waals surface area (Å²) in [5.41, 5.74) is 5.00. The van der Waals surface area contributed by atoms with Crippen molar-refractivity contribution < 1.29 is 35.7 Å². The molecule has 4 N–H and O–H groups in total. The highest BCUT2D eigenvalue weighted by molar-refractivity contribution is 5.81. The fourth-order valence-electron chi connectivity index (χ4n) is 2.31. The second kappa shape index (κ2) is 10.2. The Kier molecular flexibility index (Phi) is 8.64. The first-order valence-corrected chi connectivity index (χ1v) is 8.62. The molecule has 0 unspecified atom stereocenters. The van der Waals surface area contributed by atoms with Gasteiger partial charge in [-0.1, -0.05) is 6.58 Å². The lowest BCUT2D eigenvalue weighted by Crippen LogP contribution is -2.37. The highest BCUT2D eigenvalue weighted by Crippen LogP contribution is 2.21. The molecule has 0 fully saturated rings. The summed E-state index contributed by atoms with van der Waals surface area (Å²) in [4.78, 5) is 10.7. The molecule has 0 bridgehead atoms. The van der Waals surface area contributed by atoms with Crippen LogP contribution >= 0.6 is 0 Å². The second-order valence-electron chi connectivity index (χ2n) is 6.11. The maximum atomic E-state index is 12.3. The molecule has 0 radical (unpaired) electrons. The number of anilines is 1. The zero-order chi connectivity index (χ0) is 21.4. The van der Waals surface area contributed by atoms with Gasteiger partial charge in [0.05, 0.1) is 25.5 Å². The van der Waals surface area contributed by atoms with Crippen LogP contribution in [0.3, 0.4) is 0 Å². The van der Waals surface area contributed by atoms with Gasteiger partial charge in [0, 0.05) is 13.1 Å². The van der Waals surface area contributed by atoms with Gasteiger partial charge in [-0.3, -0.25) is 10.5 Å². The van der Waals surface area contributed by atoms with Gasteiger partial charge in [-0.25, -0.2) is 9.13 Å². The summed E-state index contributed by atoms with van der Waals surface area (Å²) in [7, 11) is 0. The van der Waals surface area contributed by atoms with Gasteiger partial charge in [-0.2, -0.15) is 26.3 Å². The molecule has 0 saturated heterocycles. The van der Waals surface area contributed by atoms with Crippen LogP contribution in [-0.2, 0) is 17.9 Å². The highest BCUT2D eigenvalue weighted by Gasteiger charge is 2.38. The number of alkyl halides is 6. The molecule has 0 aliphatic heterocycles. The number of nitrogens with zero attached hydrogens (tertiary/aromatic N) is 2. The van der Waals surface area contributed by atoms with Crippen molar-refractivity contribution in [1.82, 2.24) is 15.2 Å². The summed E-state index contributed by atoms with van der Waals surface area (Å²) in [6.07, 6.45) is -3.94. The number of halogens is 6. The number of amides is 1. The number of nitrogens with one attached hydrogen (secondary N) is 2. The number of rotatable bonds is 11. The molecule has 0 atom stereocenters. The van der Waals surface area contributed by atoms with Gasteiger partial charge in [0.2, 0.25) is 0 Å². The van der Waals surface area contributed by atoms with Gasteiger partial charge in [0.15, 0.2) is 0 Å². The number of imidazole rings is 1. The summed E-state index contributed by atoms with van der Waals surface area (Å²) in [5.74, 6) is -1.52. The largest absolute Gasteiger partial charge is 0.471 e. The van der Waals surface area contributed by atoms with E-state index in [0.29, 0.717) is 44.7 Å². The Hall–Kier alpha value is -2.40. The lowest BCUT2D eigenvalue weighted by atomic mass is 10.3. The number of nitrogens with two attached hydrogens (primary N) is 1. The molecule has 0 saturated carbocycles. The summed E-state index contributed by atoms with van der Waals surface area (Å²) in [6, 6.07) is 0. The van der Waals surface area contributed by atoms with E-state index in [-0.39, 0.29) is 13.1 Å². The quantitative estimate of drug-likeness (QED) is 0.294. The van der Waals surface area contributed by atoms with E-state index in [1.807, 2.05) is 0 Å². The number of aromatic nitrogens is 2. The second-order valence-corrected chi connectivity index (χ2v) is 6.11. The van der Waals surface area contributed by atoms with Crippen LogP contribution in [-0.4, -0.2) is 35.9 Å². The van der Waals surface area contributed by atoms with Crippen LogP contribution in [0.2, 0.25) is 0 Å². The highest BCUT2D eigenvalue weighted by atomic mass is 19.4. The van der Waals surface area contributed by atoms with Crippen LogP contribution in [0.25, 0.3) is 0 Å². The molecule has 0 aromatic carbocycles. The van der Waals surface area contributed by atoms with Crippen molar-refractivity contribution in [3.05, 3.63) is 24.7 Å². The molecule has 28 heavy (non-hydrogen) atoms. The average Bonchev–Trinajstić information content (AvgIpc) is 2.92. The first kappa shape index (κ1) is 23.6. The van der Waals surface area contributed by atoms with Gasteiger partial charge in [0.1, 0.15) is 5.70 Å². The molecule has 0 aliphatic rings. The SMILES string of the molecule is C=C(NCCCC[n+]1ccn(CCCCNC(=O)C(F)(F)F)c1N)C(F)(F)F. The summed E-state index contributed by atoms with van der Waals surface area (Å²) < 4.78 is 76.3. The van der Waals surface area contributed by atoms with Crippen LogP contribution in [0.4, 0.5) is 32.3 Å². The van der Waals surface area contributed by atoms with Gasteiger partial charge in [0.25, 0.3) is 0 Å². The molecule has 1 rings (SSSR count). The van der Waals surface area contributed by atoms with Crippen molar-refractivity contribution in [2.45, 2.75) is 51.1 Å². The third-order valence-corrected chi connectivity index (χ3v) is 3.89. The number of aryl methyl sites for hydroxylation is 2. The monoisotopic (exact) mass is 416 g/mol. The number of carbonyl (C=O) groups is 1. The number of allylic oxidation sites excluding steroid dienone is 1. The molecule has 160 valence electrons. The Morgan fingerprint density at radius 1 is 1.04 bits per heavy atom. The van der Waals surface area contributed by atoms with Crippen molar-refractivity contribution in [3.8, 4) is 0 Å². The molecule has 0 spiro atoms. The normalized spacial score (nSPS) is 12.1. The van der Waals surface area contributed by atoms with Crippen LogP contribution < -0.4 is 20.9 Å². The van der Waals surface area contributed by atoms with Crippen molar-refractivity contribution >= 4 is 11.9 Å². The molecule has 1 aromatic heterocycles. The first-order valence-electron chi connectivity index (χ1n) is 8.62. The lowest BCUT2D eigenvalue weighted by molar-refractivity contribution is -0.682. The Morgan fingerprint density at radius 3 is 2.25 bits per heavy atom. The Balaban J connectivity index is 2.25. The summed E-state index contributed by atoms with van der Waals surface area (Å²) in [5, 5.41) is 4.01. The van der Waals surface area contributed by atoms with Crippen LogP contribution in [0.1, 0.15) is 25.7 Å². The summed E-state index contributed by atoms with van der Waals surface area (Å²) in [6.45, 7) is 3.95. The molecular weight excluding hydrogens is 392 g/mol. The van der Waals surface area contributed by atoms with E-state index in [4.69, 9.17) is 5.73 Å². The third-order valence-electron chi connectivity index (χ3n) is 3.89. The number of unbranched alkanes of at least 4 members (excludes halogenated alkanes) is 2. The number of nitrogen functional groups attached to an aromatic ring is 1. The zero-order valence-corrected chi connectivity index (χ0v) is 15.2. The van der Waals surface area contributed by atoms with Crippen molar-refractivity contribution in [2.75, 3.05) is 18.8 Å². The van der Waals surface area contributed by atoms with Crippen molar-refractivity contribution in [3.63, 3.8) is 0 Å². The smallest absolute Gasteiger partial charge is 0.382 e. The third kappa shape index (κ3) is 8.09. The minimum Gasteiger partial charge on any atom is -0.382 e. The van der Waals surface area contributed by atoms with E-state index in [2.05, 4.69) is 11.9 Å². The molecule has 12 heteroatoms. The lowest BCUT2D eigenvalue weighted by Gasteiger charge is -2.12. The van der Waals surface area contributed by atoms with E-state index in [1.165, 1.54) is 0 Å². The molecule has 1 aromatic rings. The van der Waals surface area contributed by atoms with Crippen LogP contribution in [0, 0.1) is 0 Å². The Morgan fingerprint density at radius 2 is 1.64 bits per heavy atom. The maximum Gasteiger partial charge on any atom is 0.471 e. The fourth-order valence-corrected chi connectivity index (χ4v) is 2.31. The predicted octanol–water partition coefficient (Wildman–Crippen LogP) is 2.26. The van der Waals surface area contributed by atoms with Crippen LogP contribution in [0.5, 0.6) is 0 Å². The zero-order valence-electron chi connectivity index (χ0n) is 15.2. The van der Waals surface area contributed by atoms with E-state index >= 15 is 0 Å². The van der Waals surface area contributed by atoms with Gasteiger partial charge < -0.3 is 10.6 Å². The van der Waals surface area contributed by atoms with Gasteiger partial charge in [-0.05, 0) is 25.7 Å². The standard InChI is InChI=1S/C16H23F6N5O/c1-12(15(17,18)19)24-6-2-4-8-26-10-11-27(14(26)23)9-5-3-7-25-13(28)16(20,21)22/h10-11,23-24H,1-9H2,(H,25,28)/p+1. The summed E-state index contributed by atoms with van der Waals surface area (Å²) >= 11 is 0. The van der Waals surface area contributed by atoms with E-state index in [9.17, 15) is 31.1 Å². The van der Waals surface area contributed by atoms with Gasteiger partial charge >= 0.3 is 24.2 Å². The number of hydrogen-bond acceptors (Lipinski definition) is 3. The van der Waals surface area contributed by atoms with Crippen molar-refractivity contribution in [1.29, 1.82) is 0 Å².